The predicted molar refractivity (Wildman–Crippen MR) is 34.3 cm³/mol. The zero-order valence-corrected chi connectivity index (χ0v) is 10.4. The van der Waals surface area contributed by atoms with E-state index in [1.54, 1.807) is 0 Å². The smallest absolute Gasteiger partial charge is 0.687 e. The van der Waals surface area contributed by atoms with Crippen molar-refractivity contribution < 1.29 is 0 Å². The number of hydrogen-bond acceptors (Lipinski definition) is 0. The van der Waals surface area contributed by atoms with Crippen molar-refractivity contribution in [2.24, 2.45) is 0 Å². The molecule has 0 aromatic heterocycles. The zero-order valence-electron chi connectivity index (χ0n) is 3.50. The van der Waals surface area contributed by atoms with Crippen molar-refractivity contribution in [1.29, 1.82) is 0 Å². The van der Waals surface area contributed by atoms with Crippen LogP contribution in [0.25, 0.3) is 10.8 Å². The van der Waals surface area contributed by atoms with E-state index in [4.69, 9.17) is 10.8 Å². The molecule has 0 amide bonds. The summed E-state index contributed by atoms with van der Waals surface area (Å²) in [7, 11) is 1.11. The van der Waals surface area contributed by atoms with Crippen LogP contribution in [0.4, 0.5) is 0 Å². The van der Waals surface area contributed by atoms with Crippen LogP contribution in [0.15, 0.2) is 0 Å². The molecule has 0 spiro atoms. The first kappa shape index (κ1) is 16.4. The van der Waals surface area contributed by atoms with Gasteiger partial charge in [-0.3, -0.25) is 0 Å². The topological polar surface area (TPSA) is 47.6 Å². The maximum Gasteiger partial charge on any atom is 2.00 e. The minimum Gasteiger partial charge on any atom is -0.687 e. The Morgan fingerprint density at radius 3 is 0.800 bits per heavy atom. The Balaban J connectivity index is -0.0000000133. The first-order valence-corrected chi connectivity index (χ1v) is 3.00. The van der Waals surface area contributed by atoms with Crippen LogP contribution in [0.2, 0.25) is 0 Å². The number of hydrogen-bond donors (Lipinski definition) is 0. The Kier molecular flexibility index (Phi) is 220. The summed E-state index contributed by atoms with van der Waals surface area (Å²) in [4.78, 5) is 0. The quantitative estimate of drug-likeness (QED) is 0.427. The minimum atomic E-state index is 0. The summed E-state index contributed by atoms with van der Waals surface area (Å²) in [5.74, 6) is 0. The van der Waals surface area contributed by atoms with Crippen LogP contribution in [0, 0.1) is 0 Å². The third kappa shape index (κ3) is 38.6. The Morgan fingerprint density at radius 1 is 0.800 bits per heavy atom. The fourth-order valence-corrected chi connectivity index (χ4v) is 0. The van der Waals surface area contributed by atoms with Gasteiger partial charge in [-0.15, -0.1) is 20.8 Å². The standard InChI is InChI=1S/2H4NSi.Sn/c2*1-2;/h2*1H,2H3;/q2*-1;+2. The molecule has 0 aromatic carbocycles. The molecule has 30 valence electrons. The third-order valence-electron chi connectivity index (χ3n) is 0. The van der Waals surface area contributed by atoms with Crippen LogP contribution in [-0.4, -0.2) is 44.7 Å². The minimum absolute atomic E-state index is 0. The van der Waals surface area contributed by atoms with E-state index in [9.17, 15) is 0 Å². The summed E-state index contributed by atoms with van der Waals surface area (Å²) in [5, 5.41) is 11.8. The van der Waals surface area contributed by atoms with Crippen LogP contribution < -0.4 is 0 Å². The van der Waals surface area contributed by atoms with Crippen molar-refractivity contribution in [3.8, 4) is 0 Å². The van der Waals surface area contributed by atoms with Gasteiger partial charge in [0.2, 0.25) is 0 Å². The second-order valence-corrected chi connectivity index (χ2v) is 0. The van der Waals surface area contributed by atoms with Crippen LogP contribution in [0.1, 0.15) is 0 Å². The zero-order chi connectivity index (χ0) is 4.00. The van der Waals surface area contributed by atoms with E-state index in [1.165, 1.54) is 0 Å². The number of nitrogens with one attached hydrogen (secondary N) is 2. The molecule has 2 nitrogen and oxygen atoms in total. The maximum absolute atomic E-state index is 5.89. The van der Waals surface area contributed by atoms with Gasteiger partial charge in [0.1, 0.15) is 0 Å². The molecule has 5 heteroatoms. The summed E-state index contributed by atoms with van der Waals surface area (Å²) in [6.45, 7) is 0. The van der Waals surface area contributed by atoms with Crippen LogP contribution in [0.3, 0.4) is 0 Å². The molecule has 2 radical (unpaired) electrons. The van der Waals surface area contributed by atoms with E-state index in [0.717, 1.165) is 0 Å². The van der Waals surface area contributed by atoms with Crippen molar-refractivity contribution in [3.63, 3.8) is 0 Å². The van der Waals surface area contributed by atoms with Gasteiger partial charge in [-0.25, -0.2) is 0 Å². The van der Waals surface area contributed by atoms with Gasteiger partial charge in [0.05, 0.1) is 0 Å². The van der Waals surface area contributed by atoms with Gasteiger partial charge < -0.3 is 10.8 Å². The third-order valence-corrected chi connectivity index (χ3v) is 0. The van der Waals surface area contributed by atoms with Crippen LogP contribution in [0.5, 0.6) is 0 Å². The molecule has 0 unspecified atom stereocenters. The summed E-state index contributed by atoms with van der Waals surface area (Å²) in [6.07, 6.45) is 0. The average Bonchev–Trinajstić information content (AvgIpc) is 1.50. The molecular weight excluding hydrogens is 203 g/mol. The fraction of sp³-hybridized carbons (Fsp3) is 0. The first-order valence-electron chi connectivity index (χ1n) is 1.00. The fourth-order valence-electron chi connectivity index (χ4n) is 0. The van der Waals surface area contributed by atoms with Crippen molar-refractivity contribution in [3.05, 3.63) is 10.8 Å². The van der Waals surface area contributed by atoms with Gasteiger partial charge in [-0.1, -0.05) is 0 Å². The molecule has 0 atom stereocenters. The van der Waals surface area contributed by atoms with Crippen molar-refractivity contribution in [2.45, 2.75) is 0 Å². The molecule has 5 heavy (non-hydrogen) atoms. The number of rotatable bonds is 0. The molecule has 2 N–H and O–H groups in total. The molecule has 0 aromatic rings. The second-order valence-electron chi connectivity index (χ2n) is 0. The van der Waals surface area contributed by atoms with E-state index >= 15 is 0 Å². The summed E-state index contributed by atoms with van der Waals surface area (Å²) in [5.41, 5.74) is 0. The van der Waals surface area contributed by atoms with E-state index in [1.807, 2.05) is 0 Å². The normalized spacial score (nSPS) is 3.60. The van der Waals surface area contributed by atoms with Gasteiger partial charge in [-0.2, -0.15) is 0 Å². The van der Waals surface area contributed by atoms with E-state index in [0.29, 0.717) is 20.8 Å². The first-order chi connectivity index (χ1) is 2.00. The SMILES string of the molecule is [NH-][SiH3].[NH-][SiH3].[Sn+2]. The predicted octanol–water partition coefficient (Wildman–Crippen LogP) is -1.74. The van der Waals surface area contributed by atoms with Gasteiger partial charge >= 0.3 is 23.9 Å². The largest absolute Gasteiger partial charge is 2.00 e. The molecule has 0 rings (SSSR count). The monoisotopic (exact) mass is 212 g/mol. The van der Waals surface area contributed by atoms with Gasteiger partial charge in [0.25, 0.3) is 0 Å². The average molecular weight is 211 g/mol. The molecule has 0 bridgehead atoms. The van der Waals surface area contributed by atoms with E-state index < -0.39 is 0 Å². The van der Waals surface area contributed by atoms with E-state index in [2.05, 4.69) is 0 Å². The van der Waals surface area contributed by atoms with Crippen LogP contribution >= 0.6 is 0 Å². The molecule has 0 fully saturated rings. The second kappa shape index (κ2) is 66.9. The van der Waals surface area contributed by atoms with Crippen molar-refractivity contribution in [1.82, 2.24) is 0 Å². The van der Waals surface area contributed by atoms with Gasteiger partial charge in [0.15, 0.2) is 0 Å². The van der Waals surface area contributed by atoms with Crippen molar-refractivity contribution >= 4 is 44.7 Å². The molecule has 0 aliphatic heterocycles. The Labute approximate surface area is 55.6 Å². The Hall–Kier alpha value is 1.15. The molecule has 0 saturated heterocycles. The maximum atomic E-state index is 5.89. The molecule has 0 aliphatic carbocycles. The van der Waals surface area contributed by atoms with E-state index in [-0.39, 0.29) is 23.9 Å². The van der Waals surface area contributed by atoms with Gasteiger partial charge in [-0.05, 0) is 0 Å². The summed E-state index contributed by atoms with van der Waals surface area (Å²) < 4.78 is 0. The molecule has 0 saturated carbocycles. The van der Waals surface area contributed by atoms with Crippen molar-refractivity contribution in [2.75, 3.05) is 0 Å². The Bertz CT molecular complexity index is 7.61. The van der Waals surface area contributed by atoms with Crippen LogP contribution in [-0.2, 0) is 0 Å². The summed E-state index contributed by atoms with van der Waals surface area (Å²) in [6, 6.07) is 0. The Morgan fingerprint density at radius 2 is 0.800 bits per heavy atom. The molecule has 0 heterocycles. The summed E-state index contributed by atoms with van der Waals surface area (Å²) >= 11 is 0. The van der Waals surface area contributed by atoms with Gasteiger partial charge in [0, 0.05) is 0 Å². The molecule has 0 aliphatic rings. The molecular formula is H8N2Si2Sn.